The fourth-order valence-electron chi connectivity index (χ4n) is 3.34. The summed E-state index contributed by atoms with van der Waals surface area (Å²) in [4.78, 5) is 26.0. The summed E-state index contributed by atoms with van der Waals surface area (Å²) in [5, 5.41) is 10.9. The van der Waals surface area contributed by atoms with Crippen LogP contribution in [-0.4, -0.2) is 65.1 Å². The summed E-state index contributed by atoms with van der Waals surface area (Å²) in [6.45, 7) is 2.93. The van der Waals surface area contributed by atoms with Gasteiger partial charge in [-0.05, 0) is 18.4 Å². The lowest BCUT2D eigenvalue weighted by Gasteiger charge is -2.15. The second-order valence-corrected chi connectivity index (χ2v) is 7.07. The number of aryl methyl sites for hydroxylation is 2. The highest BCUT2D eigenvalue weighted by Crippen LogP contribution is 2.16. The monoisotopic (exact) mass is 385 g/mol. The Balaban J connectivity index is 1.40. The number of carbonyl (C=O) groups excluding carboxylic acids is 2. The summed E-state index contributed by atoms with van der Waals surface area (Å²) in [7, 11) is 1.62. The molecule has 0 saturated carbocycles. The van der Waals surface area contributed by atoms with Gasteiger partial charge in [-0.1, -0.05) is 35.5 Å². The zero-order chi connectivity index (χ0) is 19.8. The van der Waals surface area contributed by atoms with E-state index in [0.717, 1.165) is 12.8 Å². The van der Waals surface area contributed by atoms with E-state index in [9.17, 15) is 9.59 Å². The highest BCUT2D eigenvalue weighted by atomic mass is 16.5. The maximum Gasteiger partial charge on any atom is 0.273 e. The normalized spacial score (nSPS) is 16.5. The predicted molar refractivity (Wildman–Crippen MR) is 104 cm³/mol. The summed E-state index contributed by atoms with van der Waals surface area (Å²) in [6, 6.07) is 10.3. The molecule has 1 atom stereocenters. The minimum Gasteiger partial charge on any atom is -0.383 e. The first-order chi connectivity index (χ1) is 13.7. The summed E-state index contributed by atoms with van der Waals surface area (Å²) >= 11 is 0. The molecule has 8 heteroatoms. The Bertz CT molecular complexity index is 777. The minimum atomic E-state index is -0.253. The molecule has 0 unspecified atom stereocenters. The largest absolute Gasteiger partial charge is 0.383 e. The molecule has 2 heterocycles. The van der Waals surface area contributed by atoms with Gasteiger partial charge in [0.1, 0.15) is 0 Å². The number of carbonyl (C=O) groups is 2. The number of likely N-dealkylation sites (tertiary alicyclic amines) is 1. The Morgan fingerprint density at radius 3 is 2.89 bits per heavy atom. The molecule has 0 bridgehead atoms. The van der Waals surface area contributed by atoms with E-state index >= 15 is 0 Å². The Labute approximate surface area is 164 Å². The second kappa shape index (κ2) is 9.98. The number of rotatable bonds is 10. The topological polar surface area (TPSA) is 89.3 Å². The molecule has 3 rings (SSSR count). The molecule has 0 radical (unpaired) electrons. The third kappa shape index (κ3) is 5.63. The van der Waals surface area contributed by atoms with Crippen molar-refractivity contribution in [2.75, 3.05) is 33.4 Å². The molecular formula is C20H27N5O3. The van der Waals surface area contributed by atoms with E-state index in [-0.39, 0.29) is 17.7 Å². The zero-order valence-corrected chi connectivity index (χ0v) is 16.2. The van der Waals surface area contributed by atoms with Crippen molar-refractivity contribution in [2.24, 2.45) is 5.92 Å². The smallest absolute Gasteiger partial charge is 0.273 e. The van der Waals surface area contributed by atoms with Crippen LogP contribution in [0.5, 0.6) is 0 Å². The SMILES string of the molecule is COCCN1C[C@@H](CNC(=O)c2cn(CCCc3ccccc3)nn2)CC1=O. The lowest BCUT2D eigenvalue weighted by atomic mass is 10.1. The van der Waals surface area contributed by atoms with Crippen molar-refractivity contribution in [1.82, 2.24) is 25.2 Å². The van der Waals surface area contributed by atoms with Crippen LogP contribution in [0.2, 0.25) is 0 Å². The minimum absolute atomic E-state index is 0.112. The quantitative estimate of drug-likeness (QED) is 0.662. The molecule has 1 aliphatic rings. The number of benzene rings is 1. The van der Waals surface area contributed by atoms with Crippen molar-refractivity contribution in [1.29, 1.82) is 0 Å². The number of hydrogen-bond donors (Lipinski definition) is 1. The summed E-state index contributed by atoms with van der Waals surface area (Å²) in [5.41, 5.74) is 1.59. The van der Waals surface area contributed by atoms with Crippen LogP contribution < -0.4 is 5.32 Å². The molecule has 1 aliphatic heterocycles. The number of methoxy groups -OCH3 is 1. The van der Waals surface area contributed by atoms with E-state index in [1.165, 1.54) is 5.56 Å². The van der Waals surface area contributed by atoms with E-state index in [0.29, 0.717) is 44.9 Å². The van der Waals surface area contributed by atoms with Crippen LogP contribution in [0.3, 0.4) is 0 Å². The van der Waals surface area contributed by atoms with E-state index < -0.39 is 0 Å². The molecule has 2 aromatic rings. The first-order valence-electron chi connectivity index (χ1n) is 9.64. The molecule has 150 valence electrons. The molecule has 8 nitrogen and oxygen atoms in total. The van der Waals surface area contributed by atoms with E-state index in [4.69, 9.17) is 4.74 Å². The maximum absolute atomic E-state index is 12.3. The van der Waals surface area contributed by atoms with Crippen LogP contribution in [0, 0.1) is 5.92 Å². The Morgan fingerprint density at radius 2 is 2.11 bits per heavy atom. The Morgan fingerprint density at radius 1 is 1.29 bits per heavy atom. The first-order valence-corrected chi connectivity index (χ1v) is 9.64. The van der Waals surface area contributed by atoms with Gasteiger partial charge in [0.05, 0.1) is 12.8 Å². The van der Waals surface area contributed by atoms with Gasteiger partial charge in [-0.3, -0.25) is 14.3 Å². The molecular weight excluding hydrogens is 358 g/mol. The van der Waals surface area contributed by atoms with Gasteiger partial charge in [0.25, 0.3) is 5.91 Å². The number of nitrogens with zero attached hydrogens (tertiary/aromatic N) is 4. The van der Waals surface area contributed by atoms with Crippen LogP contribution in [-0.2, 0) is 22.5 Å². The molecule has 1 fully saturated rings. The van der Waals surface area contributed by atoms with E-state index in [1.807, 2.05) is 18.2 Å². The van der Waals surface area contributed by atoms with Gasteiger partial charge in [-0.2, -0.15) is 0 Å². The summed E-state index contributed by atoms with van der Waals surface area (Å²) < 4.78 is 6.72. The molecule has 1 aromatic carbocycles. The summed E-state index contributed by atoms with van der Waals surface area (Å²) in [6.07, 6.45) is 4.01. The first kappa shape index (κ1) is 20.0. The second-order valence-electron chi connectivity index (χ2n) is 7.07. The van der Waals surface area contributed by atoms with Crippen LogP contribution >= 0.6 is 0 Å². The molecule has 0 aliphatic carbocycles. The average molecular weight is 385 g/mol. The standard InChI is InChI=1S/C20H27N5O3/c1-28-11-10-24-14-17(12-19(24)26)13-21-20(27)18-15-25(23-22-18)9-5-8-16-6-3-2-4-7-16/h2-4,6-7,15,17H,5,8-14H2,1H3,(H,21,27)/t17-/m1/s1. The van der Waals surface area contributed by atoms with Crippen molar-refractivity contribution < 1.29 is 14.3 Å². The fourth-order valence-corrected chi connectivity index (χ4v) is 3.34. The van der Waals surface area contributed by atoms with Crippen molar-refractivity contribution in [3.05, 3.63) is 47.8 Å². The van der Waals surface area contributed by atoms with Crippen molar-refractivity contribution in [3.63, 3.8) is 0 Å². The number of hydrogen-bond acceptors (Lipinski definition) is 5. The molecule has 0 spiro atoms. The van der Waals surface area contributed by atoms with Gasteiger partial charge in [-0.15, -0.1) is 5.10 Å². The highest BCUT2D eigenvalue weighted by Gasteiger charge is 2.29. The van der Waals surface area contributed by atoms with Crippen LogP contribution in [0.15, 0.2) is 36.5 Å². The number of aromatic nitrogens is 3. The zero-order valence-electron chi connectivity index (χ0n) is 16.2. The van der Waals surface area contributed by atoms with Crippen molar-refractivity contribution in [2.45, 2.75) is 25.8 Å². The Kier molecular flexibility index (Phi) is 7.13. The predicted octanol–water partition coefficient (Wildman–Crippen LogP) is 1.14. The van der Waals surface area contributed by atoms with Crippen LogP contribution in [0.1, 0.15) is 28.9 Å². The summed E-state index contributed by atoms with van der Waals surface area (Å²) in [5.74, 6) is -0.0213. The molecule has 1 saturated heterocycles. The Hall–Kier alpha value is -2.74. The molecule has 1 N–H and O–H groups in total. The lowest BCUT2D eigenvalue weighted by Crippen LogP contribution is -2.32. The number of ether oxygens (including phenoxy) is 1. The van der Waals surface area contributed by atoms with Crippen molar-refractivity contribution >= 4 is 11.8 Å². The third-order valence-electron chi connectivity index (χ3n) is 4.88. The van der Waals surface area contributed by atoms with Crippen LogP contribution in [0.4, 0.5) is 0 Å². The highest BCUT2D eigenvalue weighted by molar-refractivity contribution is 5.91. The maximum atomic E-state index is 12.3. The fraction of sp³-hybridized carbons (Fsp3) is 0.500. The number of amides is 2. The third-order valence-corrected chi connectivity index (χ3v) is 4.88. The number of nitrogens with one attached hydrogen (secondary N) is 1. The van der Waals surface area contributed by atoms with Gasteiger partial charge in [0, 0.05) is 45.6 Å². The van der Waals surface area contributed by atoms with Crippen LogP contribution in [0.25, 0.3) is 0 Å². The van der Waals surface area contributed by atoms with Gasteiger partial charge in [-0.25, -0.2) is 0 Å². The van der Waals surface area contributed by atoms with Gasteiger partial charge >= 0.3 is 0 Å². The van der Waals surface area contributed by atoms with Crippen molar-refractivity contribution in [3.8, 4) is 0 Å². The van der Waals surface area contributed by atoms with E-state index in [1.54, 1.807) is 22.9 Å². The van der Waals surface area contributed by atoms with E-state index in [2.05, 4.69) is 27.8 Å². The lowest BCUT2D eigenvalue weighted by molar-refractivity contribution is -0.128. The van der Waals surface area contributed by atoms with Gasteiger partial charge in [0.2, 0.25) is 5.91 Å². The van der Waals surface area contributed by atoms with Gasteiger partial charge < -0.3 is 15.0 Å². The van der Waals surface area contributed by atoms with Gasteiger partial charge in [0.15, 0.2) is 5.69 Å². The molecule has 1 aromatic heterocycles. The molecule has 28 heavy (non-hydrogen) atoms. The average Bonchev–Trinajstić information content (AvgIpc) is 3.32. The molecule has 2 amide bonds.